The summed E-state index contributed by atoms with van der Waals surface area (Å²) in [5.41, 5.74) is 5.11. The number of amides is 1. The van der Waals surface area contributed by atoms with Crippen LogP contribution in [0, 0.1) is 17.8 Å². The van der Waals surface area contributed by atoms with Crippen LogP contribution in [0.5, 0.6) is 5.75 Å². The van der Waals surface area contributed by atoms with E-state index in [9.17, 15) is 14.7 Å². The summed E-state index contributed by atoms with van der Waals surface area (Å²) in [6.45, 7) is 14.0. The fourth-order valence-corrected chi connectivity index (χ4v) is 10.4. The molecule has 51 heavy (non-hydrogen) atoms. The molecule has 4 saturated carbocycles. The molecule has 0 saturated heterocycles. The Bertz CT molecular complexity index is 1610. The maximum absolute atomic E-state index is 13.4. The Labute approximate surface area is 307 Å². The van der Waals surface area contributed by atoms with Gasteiger partial charge < -0.3 is 25.3 Å². The monoisotopic (exact) mass is 710 g/mol. The maximum Gasteiger partial charge on any atom is 0.224 e. The first-order valence-corrected chi connectivity index (χ1v) is 22.3. The van der Waals surface area contributed by atoms with E-state index in [2.05, 4.69) is 74.7 Å². The Balaban J connectivity index is 1.11. The van der Waals surface area contributed by atoms with E-state index in [-0.39, 0.29) is 34.5 Å². The first-order chi connectivity index (χ1) is 24.1. The van der Waals surface area contributed by atoms with Crippen LogP contribution in [0.25, 0.3) is 0 Å². The van der Waals surface area contributed by atoms with Crippen molar-refractivity contribution in [2.24, 2.45) is 17.8 Å². The molecule has 4 aliphatic carbocycles. The number of ether oxygens (including phenoxy) is 1. The van der Waals surface area contributed by atoms with Crippen molar-refractivity contribution >= 4 is 14.2 Å². The molecular weight excluding hydrogens is 649 g/mol. The number of carbonyl (C=O) groups is 1. The highest BCUT2D eigenvalue weighted by atomic mass is 28.4. The Morgan fingerprint density at radius 2 is 1.51 bits per heavy atom. The number of benzene rings is 3. The second-order valence-electron chi connectivity index (χ2n) is 18.3. The smallest absolute Gasteiger partial charge is 0.224 e. The largest absolute Gasteiger partial charge is 0.489 e. The molecule has 1 atom stereocenters. The Morgan fingerprint density at radius 3 is 2.14 bits per heavy atom. The van der Waals surface area contributed by atoms with Gasteiger partial charge >= 0.3 is 0 Å². The van der Waals surface area contributed by atoms with Crippen LogP contribution >= 0.6 is 0 Å². The van der Waals surface area contributed by atoms with Crippen LogP contribution in [-0.4, -0.2) is 41.7 Å². The van der Waals surface area contributed by atoms with Crippen molar-refractivity contribution in [2.75, 3.05) is 6.54 Å². The van der Waals surface area contributed by atoms with Crippen LogP contribution in [0.2, 0.25) is 18.1 Å². The summed E-state index contributed by atoms with van der Waals surface area (Å²) in [7, 11) is -2.48. The van der Waals surface area contributed by atoms with Gasteiger partial charge in [0.2, 0.25) is 5.91 Å². The van der Waals surface area contributed by atoms with E-state index in [1.807, 2.05) is 49.5 Å². The van der Waals surface area contributed by atoms with Gasteiger partial charge in [0, 0.05) is 23.2 Å². The average molecular weight is 711 g/mol. The van der Waals surface area contributed by atoms with Crippen molar-refractivity contribution in [1.82, 2.24) is 10.6 Å². The predicted molar refractivity (Wildman–Crippen MR) is 209 cm³/mol. The van der Waals surface area contributed by atoms with Crippen molar-refractivity contribution < 1.29 is 19.4 Å². The molecule has 4 aliphatic rings. The third-order valence-electron chi connectivity index (χ3n) is 12.6. The summed E-state index contributed by atoms with van der Waals surface area (Å²) in [5, 5.41) is 17.6. The molecule has 7 heteroatoms. The van der Waals surface area contributed by atoms with Crippen molar-refractivity contribution in [3.8, 4) is 5.75 Å². The number of nitrogens with one attached hydrogen (secondary N) is 2. The SMILES string of the molecule is CC(C)(Cc1cccc(CC(=O)NC23CC4CC(CC(C4)C2)C3)c1)NC[C@H](CC(C)(C)[Si](C)(C)O)c1ccc(OCc2ccccc2)c(CO)c1. The predicted octanol–water partition coefficient (Wildman–Crippen LogP) is 8.45. The second-order valence-corrected chi connectivity index (χ2v) is 22.8. The van der Waals surface area contributed by atoms with E-state index >= 15 is 0 Å². The van der Waals surface area contributed by atoms with Crippen molar-refractivity contribution in [2.45, 2.75) is 134 Å². The highest BCUT2D eigenvalue weighted by Crippen LogP contribution is 2.55. The minimum Gasteiger partial charge on any atom is -0.489 e. The van der Waals surface area contributed by atoms with Crippen molar-refractivity contribution in [1.29, 1.82) is 0 Å². The van der Waals surface area contributed by atoms with Gasteiger partial charge in [0.05, 0.1) is 13.0 Å². The summed E-state index contributed by atoms with van der Waals surface area (Å²) >= 11 is 0. The molecule has 3 aromatic carbocycles. The summed E-state index contributed by atoms with van der Waals surface area (Å²) in [6, 6.07) is 24.8. The summed E-state index contributed by atoms with van der Waals surface area (Å²) < 4.78 is 6.15. The van der Waals surface area contributed by atoms with E-state index in [0.717, 1.165) is 59.4 Å². The molecule has 4 fully saturated rings. The van der Waals surface area contributed by atoms with E-state index in [0.29, 0.717) is 18.8 Å². The van der Waals surface area contributed by atoms with Gasteiger partial charge in [0.25, 0.3) is 0 Å². The normalized spacial score (nSPS) is 23.6. The van der Waals surface area contributed by atoms with Gasteiger partial charge in [-0.1, -0.05) is 74.5 Å². The topological polar surface area (TPSA) is 90.8 Å². The quantitative estimate of drug-likeness (QED) is 0.112. The van der Waals surface area contributed by atoms with Gasteiger partial charge in [-0.25, -0.2) is 0 Å². The molecule has 4 N–H and O–H groups in total. The van der Waals surface area contributed by atoms with Gasteiger partial charge in [-0.2, -0.15) is 0 Å². The zero-order valence-corrected chi connectivity index (χ0v) is 32.9. The van der Waals surface area contributed by atoms with Gasteiger partial charge in [-0.15, -0.1) is 0 Å². The number of aliphatic hydroxyl groups is 1. The molecule has 4 bridgehead atoms. The number of rotatable bonds is 16. The van der Waals surface area contributed by atoms with Crippen LogP contribution in [0.3, 0.4) is 0 Å². The highest BCUT2D eigenvalue weighted by molar-refractivity contribution is 6.72. The fraction of sp³-hybridized carbons (Fsp3) is 0.568. The van der Waals surface area contributed by atoms with Crippen molar-refractivity contribution in [3.63, 3.8) is 0 Å². The van der Waals surface area contributed by atoms with E-state index in [4.69, 9.17) is 4.74 Å². The maximum atomic E-state index is 13.4. The lowest BCUT2D eigenvalue weighted by Gasteiger charge is -2.56. The summed E-state index contributed by atoms with van der Waals surface area (Å²) in [6.07, 6.45) is 9.72. The fourth-order valence-electron chi connectivity index (χ4n) is 9.64. The Kier molecular flexibility index (Phi) is 11.2. The summed E-state index contributed by atoms with van der Waals surface area (Å²) in [4.78, 5) is 24.7. The molecule has 0 aromatic heterocycles. The van der Waals surface area contributed by atoms with Crippen LogP contribution in [-0.2, 0) is 30.8 Å². The molecule has 0 heterocycles. The van der Waals surface area contributed by atoms with Crippen LogP contribution in [0.1, 0.15) is 106 Å². The molecular formula is C44H62N2O4Si. The van der Waals surface area contributed by atoms with E-state index < -0.39 is 8.32 Å². The molecule has 3 aromatic rings. The lowest BCUT2D eigenvalue weighted by Crippen LogP contribution is -2.60. The molecule has 7 rings (SSSR count). The Hall–Kier alpha value is -2.97. The van der Waals surface area contributed by atoms with Gasteiger partial charge in [-0.05, 0) is 141 Å². The van der Waals surface area contributed by atoms with Crippen molar-refractivity contribution in [3.05, 3.63) is 101 Å². The number of hydrogen-bond acceptors (Lipinski definition) is 5. The molecule has 276 valence electrons. The second kappa shape index (κ2) is 15.2. The van der Waals surface area contributed by atoms with E-state index in [1.165, 1.54) is 44.1 Å². The van der Waals surface area contributed by atoms with Crippen LogP contribution < -0.4 is 15.4 Å². The zero-order valence-electron chi connectivity index (χ0n) is 31.9. The number of aliphatic hydroxyl groups excluding tert-OH is 1. The molecule has 0 unspecified atom stereocenters. The van der Waals surface area contributed by atoms with Gasteiger partial charge in [0.15, 0.2) is 8.32 Å². The van der Waals surface area contributed by atoms with Crippen LogP contribution in [0.15, 0.2) is 72.8 Å². The minimum absolute atomic E-state index is 0.0433. The molecule has 0 spiro atoms. The van der Waals surface area contributed by atoms with E-state index in [1.54, 1.807) is 0 Å². The third-order valence-corrected chi connectivity index (χ3v) is 16.2. The molecule has 0 aliphatic heterocycles. The third kappa shape index (κ3) is 9.53. The minimum atomic E-state index is -2.48. The lowest BCUT2D eigenvalue weighted by molar-refractivity contribution is -0.126. The first-order valence-electron chi connectivity index (χ1n) is 19.4. The number of hydrogen-bond donors (Lipinski definition) is 4. The molecule has 1 amide bonds. The standard InChI is InChI=1S/C44H62N2O4Si/c1-42(2,23-33-14-10-13-32(17-33)21-41(48)46-44-24-34-18-35(25-44)20-36(19-34)26-44)45-28-39(27-43(3,4)51(5,6)49)37-15-16-40(38(22-37)29-47)50-30-31-11-8-7-9-12-31/h7-17,22,34-36,39,45,47,49H,18-21,23-30H2,1-6H3,(H,46,48)/t34?,35?,36?,39-,44?/m0/s1. The average Bonchev–Trinajstić information content (AvgIpc) is 3.04. The highest BCUT2D eigenvalue weighted by Gasteiger charge is 2.51. The molecule has 0 radical (unpaired) electrons. The zero-order chi connectivity index (χ0) is 36.4. The van der Waals surface area contributed by atoms with Gasteiger partial charge in [0.1, 0.15) is 12.4 Å². The van der Waals surface area contributed by atoms with Crippen LogP contribution in [0.4, 0.5) is 0 Å². The van der Waals surface area contributed by atoms with Gasteiger partial charge in [-0.3, -0.25) is 4.79 Å². The lowest BCUT2D eigenvalue weighted by atomic mass is 9.53. The summed E-state index contributed by atoms with van der Waals surface area (Å²) in [5.74, 6) is 3.42. The Morgan fingerprint density at radius 1 is 0.882 bits per heavy atom. The number of carbonyl (C=O) groups excluding carboxylic acids is 1. The molecule has 6 nitrogen and oxygen atoms in total. The first kappa shape index (κ1) is 37.8.